The van der Waals surface area contributed by atoms with Crippen molar-refractivity contribution >= 4 is 22.1 Å². The first-order valence-corrected chi connectivity index (χ1v) is 13.1. The third kappa shape index (κ3) is 6.29. The first-order valence-electron chi connectivity index (χ1n) is 11.6. The average molecular weight is 503 g/mol. The van der Waals surface area contributed by atoms with E-state index in [4.69, 9.17) is 9.84 Å². The number of allylic oxidation sites excluding steroid dienone is 1. The second kappa shape index (κ2) is 11.3. The maximum Gasteiger partial charge on any atom is 0.335 e. The maximum atomic E-state index is 13.5. The van der Waals surface area contributed by atoms with Gasteiger partial charge >= 0.3 is 5.97 Å². The van der Waals surface area contributed by atoms with E-state index in [0.717, 1.165) is 11.1 Å². The van der Waals surface area contributed by atoms with Crippen LogP contribution in [0.15, 0.2) is 53.4 Å². The fourth-order valence-electron chi connectivity index (χ4n) is 4.19. The summed E-state index contributed by atoms with van der Waals surface area (Å²) >= 11 is 0. The molecule has 0 unspecified atom stereocenters. The monoisotopic (exact) mass is 502 g/mol. The Bertz CT molecular complexity index is 1160. The lowest BCUT2D eigenvalue weighted by atomic mass is 10.0. The predicted molar refractivity (Wildman–Crippen MR) is 135 cm³/mol. The Morgan fingerprint density at radius 1 is 1.26 bits per heavy atom. The lowest BCUT2D eigenvalue weighted by Crippen LogP contribution is -2.49. The third-order valence-electron chi connectivity index (χ3n) is 6.20. The van der Waals surface area contributed by atoms with Crippen LogP contribution >= 0.6 is 0 Å². The van der Waals surface area contributed by atoms with E-state index in [1.807, 2.05) is 33.0 Å². The molecule has 35 heavy (non-hydrogen) atoms. The molecular formula is C26H34N2O6S. The Balaban J connectivity index is 1.91. The van der Waals surface area contributed by atoms with Crippen LogP contribution in [0.4, 0.5) is 0 Å². The highest BCUT2D eigenvalue weighted by molar-refractivity contribution is 7.89. The van der Waals surface area contributed by atoms with Crippen molar-refractivity contribution in [2.75, 3.05) is 26.7 Å². The lowest BCUT2D eigenvalue weighted by molar-refractivity contribution is 0.0697. The number of carboxylic acids is 1. The second-order valence-electron chi connectivity index (χ2n) is 9.14. The molecule has 0 amide bonds. The van der Waals surface area contributed by atoms with Crippen LogP contribution in [0.5, 0.6) is 5.75 Å². The third-order valence-corrected chi connectivity index (χ3v) is 8.21. The fraction of sp³-hybridized carbons (Fsp3) is 0.423. The molecule has 1 aliphatic rings. The Morgan fingerprint density at radius 3 is 2.54 bits per heavy atom. The zero-order chi connectivity index (χ0) is 25.8. The minimum absolute atomic E-state index is 0.0925. The minimum atomic E-state index is -3.87. The fourth-order valence-corrected chi connectivity index (χ4v) is 6.02. The molecule has 9 heteroatoms. The highest BCUT2D eigenvalue weighted by atomic mass is 32.2. The second-order valence-corrected chi connectivity index (χ2v) is 11.0. The van der Waals surface area contributed by atoms with Crippen molar-refractivity contribution in [2.24, 2.45) is 5.92 Å². The first-order chi connectivity index (χ1) is 16.6. The van der Waals surface area contributed by atoms with E-state index in [-0.39, 0.29) is 35.6 Å². The van der Waals surface area contributed by atoms with Gasteiger partial charge in [0.05, 0.1) is 12.2 Å². The highest BCUT2D eigenvalue weighted by Crippen LogP contribution is 2.34. The van der Waals surface area contributed by atoms with E-state index >= 15 is 0 Å². The molecule has 8 nitrogen and oxygen atoms in total. The van der Waals surface area contributed by atoms with Gasteiger partial charge in [-0.2, -0.15) is 4.31 Å². The average Bonchev–Trinajstić information content (AvgIpc) is 2.81. The summed E-state index contributed by atoms with van der Waals surface area (Å²) in [4.78, 5) is 13.3. The summed E-state index contributed by atoms with van der Waals surface area (Å²) in [6, 6.07) is 11.2. The number of carbonyl (C=O) groups is 1. The molecule has 3 rings (SSSR count). The largest absolute Gasteiger partial charge is 0.487 e. The number of benzene rings is 2. The number of sulfonamides is 1. The molecule has 3 atom stereocenters. The number of hydrogen-bond donors (Lipinski definition) is 2. The van der Waals surface area contributed by atoms with Gasteiger partial charge in [-0.05, 0) is 56.3 Å². The quantitative estimate of drug-likeness (QED) is 0.570. The van der Waals surface area contributed by atoms with E-state index in [0.29, 0.717) is 18.8 Å². The van der Waals surface area contributed by atoms with Crippen LogP contribution in [0.3, 0.4) is 0 Å². The number of ether oxygens (including phenoxy) is 1. The maximum absolute atomic E-state index is 13.5. The number of hydrogen-bond acceptors (Lipinski definition) is 6. The molecule has 0 radical (unpaired) electrons. The summed E-state index contributed by atoms with van der Waals surface area (Å²) in [5.74, 6) is -0.824. The van der Waals surface area contributed by atoms with Gasteiger partial charge in [-0.1, -0.05) is 37.3 Å². The normalized spacial score (nSPS) is 21.2. The summed E-state index contributed by atoms with van der Waals surface area (Å²) in [6.45, 7) is 6.57. The van der Waals surface area contributed by atoms with Gasteiger partial charge in [-0.15, -0.1) is 0 Å². The molecule has 0 aromatic heterocycles. The molecule has 0 spiro atoms. The van der Waals surface area contributed by atoms with Crippen LogP contribution in [0.1, 0.15) is 42.3 Å². The molecule has 1 aliphatic heterocycles. The molecule has 0 bridgehead atoms. The molecule has 0 aliphatic carbocycles. The summed E-state index contributed by atoms with van der Waals surface area (Å²) in [5.41, 5.74) is 2.04. The molecule has 0 fully saturated rings. The van der Waals surface area contributed by atoms with Crippen LogP contribution in [-0.4, -0.2) is 72.7 Å². The van der Waals surface area contributed by atoms with Crippen molar-refractivity contribution in [3.05, 3.63) is 65.2 Å². The number of rotatable bonds is 8. The number of nitrogens with zero attached hydrogens (tertiary/aromatic N) is 2. The van der Waals surface area contributed by atoms with Gasteiger partial charge in [0.15, 0.2) is 0 Å². The predicted octanol–water partition coefficient (Wildman–Crippen LogP) is 3.32. The van der Waals surface area contributed by atoms with Crippen LogP contribution < -0.4 is 4.74 Å². The van der Waals surface area contributed by atoms with Crippen molar-refractivity contribution in [2.45, 2.75) is 44.4 Å². The molecule has 0 saturated carbocycles. The Kier molecular flexibility index (Phi) is 8.71. The van der Waals surface area contributed by atoms with Gasteiger partial charge in [0.2, 0.25) is 10.0 Å². The van der Waals surface area contributed by atoms with Crippen molar-refractivity contribution in [1.82, 2.24) is 9.21 Å². The van der Waals surface area contributed by atoms with Gasteiger partial charge in [-0.25, -0.2) is 13.2 Å². The van der Waals surface area contributed by atoms with Crippen molar-refractivity contribution in [3.63, 3.8) is 0 Å². The lowest BCUT2D eigenvalue weighted by Gasteiger charge is -2.37. The summed E-state index contributed by atoms with van der Waals surface area (Å²) in [6.07, 6.45) is 3.44. The van der Waals surface area contributed by atoms with Crippen molar-refractivity contribution in [1.29, 1.82) is 0 Å². The molecule has 2 aromatic rings. The van der Waals surface area contributed by atoms with Crippen LogP contribution in [0, 0.1) is 5.92 Å². The van der Waals surface area contributed by atoms with Crippen molar-refractivity contribution < 1.29 is 28.2 Å². The van der Waals surface area contributed by atoms with E-state index in [9.17, 15) is 18.3 Å². The van der Waals surface area contributed by atoms with Gasteiger partial charge in [-0.3, -0.25) is 4.90 Å². The molecule has 1 heterocycles. The van der Waals surface area contributed by atoms with E-state index in [1.54, 1.807) is 49.4 Å². The Hall–Kier alpha value is -2.72. The minimum Gasteiger partial charge on any atom is -0.487 e. The van der Waals surface area contributed by atoms with E-state index in [2.05, 4.69) is 4.90 Å². The number of fused-ring (bicyclic) bond motifs is 1. The highest BCUT2D eigenvalue weighted by Gasteiger charge is 2.38. The molecule has 0 saturated heterocycles. The van der Waals surface area contributed by atoms with Crippen LogP contribution in [-0.2, 0) is 16.6 Å². The molecular weight excluding hydrogens is 468 g/mol. The topological polar surface area (TPSA) is 107 Å². The van der Waals surface area contributed by atoms with Gasteiger partial charge in [0.25, 0.3) is 0 Å². The summed E-state index contributed by atoms with van der Waals surface area (Å²) < 4.78 is 34.7. The SMILES string of the molecule is C/C=C/c1ccc2c(c1)O[C@@H](CN(C)Cc1ccc(C(=O)O)cc1)[C@H](C)CN([C@H](C)CO)S2(=O)=O. The van der Waals surface area contributed by atoms with E-state index < -0.39 is 22.0 Å². The smallest absolute Gasteiger partial charge is 0.335 e. The molecule has 2 aromatic carbocycles. The molecule has 190 valence electrons. The summed E-state index contributed by atoms with van der Waals surface area (Å²) in [7, 11) is -1.92. The zero-order valence-electron chi connectivity index (χ0n) is 20.6. The number of aromatic carboxylic acids is 1. The number of aliphatic hydroxyl groups excluding tert-OH is 1. The van der Waals surface area contributed by atoms with Gasteiger partial charge in [0.1, 0.15) is 16.7 Å². The first kappa shape index (κ1) is 26.9. The van der Waals surface area contributed by atoms with Crippen LogP contribution in [0.2, 0.25) is 0 Å². The van der Waals surface area contributed by atoms with Gasteiger partial charge in [0, 0.05) is 31.6 Å². The standard InChI is InChI=1S/C26H34N2O6S/c1-5-6-20-9-12-25-23(13-20)34-24(18(2)14-28(19(3)17-29)35(25,32)33)16-27(4)15-21-7-10-22(11-8-21)26(30)31/h5-13,18-19,24,29H,14-17H2,1-4H3,(H,30,31)/b6-5+/t18-,19-,24+/m1/s1. The zero-order valence-corrected chi connectivity index (χ0v) is 21.4. The Morgan fingerprint density at radius 2 is 1.94 bits per heavy atom. The Labute approximate surface area is 207 Å². The van der Waals surface area contributed by atoms with Crippen LogP contribution in [0.25, 0.3) is 6.08 Å². The summed E-state index contributed by atoms with van der Waals surface area (Å²) in [5, 5.41) is 18.9. The number of carboxylic acid groups (broad SMARTS) is 1. The van der Waals surface area contributed by atoms with Gasteiger partial charge < -0.3 is 14.9 Å². The van der Waals surface area contributed by atoms with E-state index in [1.165, 1.54) is 4.31 Å². The number of likely N-dealkylation sites (N-methyl/N-ethyl adjacent to an activating group) is 1. The number of aliphatic hydroxyl groups is 1. The molecule has 2 N–H and O–H groups in total. The van der Waals surface area contributed by atoms with Crippen molar-refractivity contribution in [3.8, 4) is 5.75 Å².